The molecule has 1 saturated heterocycles. The highest BCUT2D eigenvalue weighted by Gasteiger charge is 2.32. The standard InChI is InChI=1S/C15H22N2O2/c1-10-6-13(19-3)4-5-14(10)15(18)17-9-12(8-16)7-11(17)2/h4-6,11-12H,7-9,16H2,1-3H3. The van der Waals surface area contributed by atoms with Crippen LogP contribution < -0.4 is 10.5 Å². The summed E-state index contributed by atoms with van der Waals surface area (Å²) >= 11 is 0. The van der Waals surface area contributed by atoms with Crippen molar-refractivity contribution in [3.8, 4) is 5.75 Å². The Morgan fingerprint density at radius 2 is 2.26 bits per heavy atom. The second kappa shape index (κ2) is 5.61. The fraction of sp³-hybridized carbons (Fsp3) is 0.533. The van der Waals surface area contributed by atoms with E-state index in [0.29, 0.717) is 12.5 Å². The molecule has 1 aromatic carbocycles. The molecule has 19 heavy (non-hydrogen) atoms. The zero-order valence-electron chi connectivity index (χ0n) is 11.8. The molecule has 0 aliphatic carbocycles. The molecule has 2 atom stereocenters. The van der Waals surface area contributed by atoms with Crippen LogP contribution in [-0.4, -0.2) is 37.0 Å². The van der Waals surface area contributed by atoms with E-state index in [0.717, 1.165) is 29.8 Å². The molecule has 2 rings (SSSR count). The van der Waals surface area contributed by atoms with Crippen molar-refractivity contribution in [3.63, 3.8) is 0 Å². The van der Waals surface area contributed by atoms with E-state index in [4.69, 9.17) is 10.5 Å². The number of ether oxygens (including phenoxy) is 1. The summed E-state index contributed by atoms with van der Waals surface area (Å²) in [5.74, 6) is 1.31. The molecule has 2 N–H and O–H groups in total. The smallest absolute Gasteiger partial charge is 0.254 e. The molecule has 1 aliphatic rings. The van der Waals surface area contributed by atoms with Crippen LogP contribution in [0.2, 0.25) is 0 Å². The number of nitrogens with zero attached hydrogens (tertiary/aromatic N) is 1. The minimum atomic E-state index is 0.101. The van der Waals surface area contributed by atoms with Gasteiger partial charge in [-0.1, -0.05) is 0 Å². The molecule has 1 heterocycles. The average Bonchev–Trinajstić information content (AvgIpc) is 2.79. The number of nitrogens with two attached hydrogens (primary N) is 1. The van der Waals surface area contributed by atoms with Crippen LogP contribution in [0.1, 0.15) is 29.3 Å². The summed E-state index contributed by atoms with van der Waals surface area (Å²) in [7, 11) is 1.63. The van der Waals surface area contributed by atoms with Gasteiger partial charge in [-0.05, 0) is 56.5 Å². The lowest BCUT2D eigenvalue weighted by atomic mass is 10.1. The van der Waals surface area contributed by atoms with Gasteiger partial charge in [0.15, 0.2) is 0 Å². The second-order valence-electron chi connectivity index (χ2n) is 5.32. The molecule has 4 heteroatoms. The largest absolute Gasteiger partial charge is 0.497 e. The third kappa shape index (κ3) is 2.73. The maximum Gasteiger partial charge on any atom is 0.254 e. The number of hydrogen-bond donors (Lipinski definition) is 1. The van der Waals surface area contributed by atoms with Crippen molar-refractivity contribution in [1.29, 1.82) is 0 Å². The van der Waals surface area contributed by atoms with Gasteiger partial charge in [0.05, 0.1) is 7.11 Å². The van der Waals surface area contributed by atoms with Crippen LogP contribution in [0.4, 0.5) is 0 Å². The maximum atomic E-state index is 12.6. The Bertz CT molecular complexity index is 473. The topological polar surface area (TPSA) is 55.6 Å². The SMILES string of the molecule is COc1ccc(C(=O)N2CC(CN)CC2C)c(C)c1. The number of rotatable bonds is 3. The molecule has 0 saturated carbocycles. The van der Waals surface area contributed by atoms with Crippen molar-refractivity contribution >= 4 is 5.91 Å². The fourth-order valence-electron chi connectivity index (χ4n) is 2.75. The first-order valence-corrected chi connectivity index (χ1v) is 6.72. The molecule has 0 spiro atoms. The van der Waals surface area contributed by atoms with Gasteiger partial charge in [-0.2, -0.15) is 0 Å². The van der Waals surface area contributed by atoms with E-state index in [1.165, 1.54) is 0 Å². The van der Waals surface area contributed by atoms with E-state index in [9.17, 15) is 4.79 Å². The predicted octanol–water partition coefficient (Wildman–Crippen LogP) is 1.81. The van der Waals surface area contributed by atoms with E-state index in [2.05, 4.69) is 6.92 Å². The van der Waals surface area contributed by atoms with Crippen LogP contribution in [0.5, 0.6) is 5.75 Å². The normalized spacial score (nSPS) is 22.6. The monoisotopic (exact) mass is 262 g/mol. The Labute approximate surface area is 114 Å². The predicted molar refractivity (Wildman–Crippen MR) is 75.4 cm³/mol. The molecule has 0 bridgehead atoms. The van der Waals surface area contributed by atoms with Gasteiger partial charge in [0.25, 0.3) is 5.91 Å². The lowest BCUT2D eigenvalue weighted by Gasteiger charge is -2.22. The van der Waals surface area contributed by atoms with Crippen molar-refractivity contribution in [2.24, 2.45) is 11.7 Å². The van der Waals surface area contributed by atoms with Gasteiger partial charge in [0.2, 0.25) is 0 Å². The van der Waals surface area contributed by atoms with Crippen LogP contribution in [0.15, 0.2) is 18.2 Å². The number of likely N-dealkylation sites (tertiary alicyclic amines) is 1. The van der Waals surface area contributed by atoms with E-state index in [-0.39, 0.29) is 11.9 Å². The first kappa shape index (κ1) is 13.9. The molecule has 4 nitrogen and oxygen atoms in total. The summed E-state index contributed by atoms with van der Waals surface area (Å²) in [6, 6.07) is 5.84. The third-order valence-electron chi connectivity index (χ3n) is 3.92. The summed E-state index contributed by atoms with van der Waals surface area (Å²) in [5.41, 5.74) is 7.42. The first-order chi connectivity index (χ1) is 9.06. The zero-order valence-corrected chi connectivity index (χ0v) is 11.8. The fourth-order valence-corrected chi connectivity index (χ4v) is 2.75. The number of aryl methyl sites for hydroxylation is 1. The quantitative estimate of drug-likeness (QED) is 0.904. The lowest BCUT2D eigenvalue weighted by molar-refractivity contribution is 0.0742. The molecule has 1 aromatic rings. The summed E-state index contributed by atoms with van der Waals surface area (Å²) in [4.78, 5) is 14.5. The average molecular weight is 262 g/mol. The Balaban J connectivity index is 2.20. The Kier molecular flexibility index (Phi) is 4.10. The van der Waals surface area contributed by atoms with Gasteiger partial charge < -0.3 is 15.4 Å². The summed E-state index contributed by atoms with van der Waals surface area (Å²) < 4.78 is 5.17. The van der Waals surface area contributed by atoms with Crippen molar-refractivity contribution in [3.05, 3.63) is 29.3 Å². The highest BCUT2D eigenvalue weighted by Crippen LogP contribution is 2.26. The van der Waals surface area contributed by atoms with Gasteiger partial charge in [-0.15, -0.1) is 0 Å². The number of amides is 1. The minimum absolute atomic E-state index is 0.101. The van der Waals surface area contributed by atoms with E-state index in [1.54, 1.807) is 7.11 Å². The molecule has 1 amide bonds. The summed E-state index contributed by atoms with van der Waals surface area (Å²) in [6.45, 7) is 5.45. The molecule has 1 aliphatic heterocycles. The Morgan fingerprint density at radius 3 is 2.79 bits per heavy atom. The van der Waals surface area contributed by atoms with Gasteiger partial charge >= 0.3 is 0 Å². The number of carbonyl (C=O) groups is 1. The van der Waals surface area contributed by atoms with Gasteiger partial charge in [0.1, 0.15) is 5.75 Å². The molecule has 0 radical (unpaired) electrons. The van der Waals surface area contributed by atoms with E-state index >= 15 is 0 Å². The Morgan fingerprint density at radius 1 is 1.53 bits per heavy atom. The summed E-state index contributed by atoms with van der Waals surface area (Å²) in [5, 5.41) is 0. The van der Waals surface area contributed by atoms with Crippen LogP contribution >= 0.6 is 0 Å². The van der Waals surface area contributed by atoms with Crippen LogP contribution in [0, 0.1) is 12.8 Å². The summed E-state index contributed by atoms with van der Waals surface area (Å²) in [6.07, 6.45) is 0.997. The Hall–Kier alpha value is -1.55. The van der Waals surface area contributed by atoms with Crippen molar-refractivity contribution in [2.75, 3.05) is 20.2 Å². The number of hydrogen-bond acceptors (Lipinski definition) is 3. The van der Waals surface area contributed by atoms with Crippen molar-refractivity contribution in [1.82, 2.24) is 4.90 Å². The number of carbonyl (C=O) groups excluding carboxylic acids is 1. The highest BCUT2D eigenvalue weighted by molar-refractivity contribution is 5.96. The van der Waals surface area contributed by atoms with Crippen molar-refractivity contribution < 1.29 is 9.53 Å². The highest BCUT2D eigenvalue weighted by atomic mass is 16.5. The molecule has 1 fully saturated rings. The number of benzene rings is 1. The maximum absolute atomic E-state index is 12.6. The van der Waals surface area contributed by atoms with Gasteiger partial charge in [0, 0.05) is 18.2 Å². The first-order valence-electron chi connectivity index (χ1n) is 6.72. The zero-order chi connectivity index (χ0) is 14.0. The van der Waals surface area contributed by atoms with Crippen LogP contribution in [0.25, 0.3) is 0 Å². The molecule has 104 valence electrons. The lowest BCUT2D eigenvalue weighted by Crippen LogP contribution is -2.34. The van der Waals surface area contributed by atoms with Gasteiger partial charge in [-0.25, -0.2) is 0 Å². The van der Waals surface area contributed by atoms with Crippen LogP contribution in [-0.2, 0) is 0 Å². The molecule has 0 aromatic heterocycles. The molecule has 2 unspecified atom stereocenters. The van der Waals surface area contributed by atoms with E-state index < -0.39 is 0 Å². The third-order valence-corrected chi connectivity index (χ3v) is 3.92. The number of methoxy groups -OCH3 is 1. The minimum Gasteiger partial charge on any atom is -0.497 e. The molecular weight excluding hydrogens is 240 g/mol. The molecular formula is C15H22N2O2. The van der Waals surface area contributed by atoms with Crippen LogP contribution in [0.3, 0.4) is 0 Å². The van der Waals surface area contributed by atoms with Crippen molar-refractivity contribution in [2.45, 2.75) is 26.3 Å². The van der Waals surface area contributed by atoms with Gasteiger partial charge in [-0.3, -0.25) is 4.79 Å². The van der Waals surface area contributed by atoms with E-state index in [1.807, 2.05) is 30.0 Å². The second-order valence-corrected chi connectivity index (χ2v) is 5.32.